The van der Waals surface area contributed by atoms with Gasteiger partial charge >= 0.3 is 0 Å². The van der Waals surface area contributed by atoms with E-state index in [1.165, 1.54) is 0 Å². The molecule has 1 amide bonds. The number of rotatable bonds is 3. The molecule has 0 aromatic heterocycles. The van der Waals surface area contributed by atoms with Gasteiger partial charge in [0.05, 0.1) is 11.6 Å². The van der Waals surface area contributed by atoms with Crippen molar-refractivity contribution < 1.29 is 4.79 Å². The number of nitrogens with two attached hydrogens (primary N) is 1. The minimum Gasteiger partial charge on any atom is -0.399 e. The minimum atomic E-state index is -0.269. The molecule has 3 N–H and O–H groups in total. The van der Waals surface area contributed by atoms with Gasteiger partial charge in [-0.2, -0.15) is 0 Å². The maximum Gasteiger partial charge on any atom is 0.231 e. The van der Waals surface area contributed by atoms with Crippen molar-refractivity contribution in [1.29, 1.82) is 0 Å². The molecule has 0 spiro atoms. The number of amides is 1. The molecule has 0 radical (unpaired) electrons. The highest BCUT2D eigenvalue weighted by molar-refractivity contribution is 9.11. The van der Waals surface area contributed by atoms with E-state index in [1.807, 2.05) is 43.3 Å². The number of benzene rings is 2. The standard InChI is InChI=1S/C15H14Br2N2O/c1-9(10-3-2-4-12(18)7-10)15(20)19-14-6-5-11(16)8-13(14)17/h2-9H,18H2,1H3,(H,19,20). The average Bonchev–Trinajstić information content (AvgIpc) is 2.41. The maximum atomic E-state index is 12.3. The van der Waals surface area contributed by atoms with E-state index in [0.29, 0.717) is 5.69 Å². The van der Waals surface area contributed by atoms with Gasteiger partial charge in [0.1, 0.15) is 0 Å². The molecule has 2 aromatic carbocycles. The average molecular weight is 398 g/mol. The van der Waals surface area contributed by atoms with Crippen LogP contribution in [-0.2, 0) is 4.79 Å². The van der Waals surface area contributed by atoms with E-state index >= 15 is 0 Å². The molecule has 0 bridgehead atoms. The van der Waals surface area contributed by atoms with E-state index in [4.69, 9.17) is 5.73 Å². The van der Waals surface area contributed by atoms with Gasteiger partial charge in [0.2, 0.25) is 5.91 Å². The molecule has 0 heterocycles. The van der Waals surface area contributed by atoms with Crippen molar-refractivity contribution in [2.24, 2.45) is 0 Å². The third-order valence-electron chi connectivity index (χ3n) is 2.99. The highest BCUT2D eigenvalue weighted by Gasteiger charge is 2.16. The highest BCUT2D eigenvalue weighted by atomic mass is 79.9. The van der Waals surface area contributed by atoms with Gasteiger partial charge in [-0.3, -0.25) is 4.79 Å². The molecular weight excluding hydrogens is 384 g/mol. The van der Waals surface area contributed by atoms with Gasteiger partial charge in [0.25, 0.3) is 0 Å². The van der Waals surface area contributed by atoms with E-state index < -0.39 is 0 Å². The van der Waals surface area contributed by atoms with Gasteiger partial charge in [0, 0.05) is 14.6 Å². The van der Waals surface area contributed by atoms with Crippen LogP contribution < -0.4 is 11.1 Å². The lowest BCUT2D eigenvalue weighted by molar-refractivity contribution is -0.117. The Morgan fingerprint density at radius 1 is 1.20 bits per heavy atom. The van der Waals surface area contributed by atoms with Crippen LogP contribution >= 0.6 is 31.9 Å². The Morgan fingerprint density at radius 2 is 1.95 bits per heavy atom. The van der Waals surface area contributed by atoms with E-state index in [1.54, 1.807) is 6.07 Å². The predicted octanol–water partition coefficient (Wildman–Crippen LogP) is 4.54. The van der Waals surface area contributed by atoms with Crippen LogP contribution in [0.25, 0.3) is 0 Å². The first-order valence-electron chi connectivity index (χ1n) is 6.08. The van der Waals surface area contributed by atoms with E-state index in [-0.39, 0.29) is 11.8 Å². The first-order valence-corrected chi connectivity index (χ1v) is 7.67. The van der Waals surface area contributed by atoms with Crippen LogP contribution in [0.2, 0.25) is 0 Å². The molecule has 0 saturated carbocycles. The largest absolute Gasteiger partial charge is 0.399 e. The number of carbonyl (C=O) groups is 1. The second kappa shape index (κ2) is 6.41. The molecule has 1 unspecified atom stereocenters. The summed E-state index contributed by atoms with van der Waals surface area (Å²) in [4.78, 5) is 12.3. The first-order chi connectivity index (χ1) is 9.47. The van der Waals surface area contributed by atoms with E-state index in [0.717, 1.165) is 20.2 Å². The second-order valence-corrected chi connectivity index (χ2v) is 6.28. The fraction of sp³-hybridized carbons (Fsp3) is 0.133. The van der Waals surface area contributed by atoms with Gasteiger partial charge < -0.3 is 11.1 Å². The predicted molar refractivity (Wildman–Crippen MR) is 89.7 cm³/mol. The smallest absolute Gasteiger partial charge is 0.231 e. The van der Waals surface area contributed by atoms with Crippen molar-refractivity contribution in [3.63, 3.8) is 0 Å². The summed E-state index contributed by atoms with van der Waals surface area (Å²) in [5.41, 5.74) is 8.05. The Balaban J connectivity index is 2.15. The topological polar surface area (TPSA) is 55.1 Å². The first kappa shape index (κ1) is 15.1. The van der Waals surface area contributed by atoms with Crippen LogP contribution in [-0.4, -0.2) is 5.91 Å². The Hall–Kier alpha value is -1.33. The van der Waals surface area contributed by atoms with Gasteiger partial charge in [-0.25, -0.2) is 0 Å². The third-order valence-corrected chi connectivity index (χ3v) is 4.14. The number of hydrogen-bond acceptors (Lipinski definition) is 2. The zero-order chi connectivity index (χ0) is 14.7. The number of halogens is 2. The van der Waals surface area contributed by atoms with Crippen molar-refractivity contribution in [2.45, 2.75) is 12.8 Å². The van der Waals surface area contributed by atoms with Crippen LogP contribution in [0.3, 0.4) is 0 Å². The summed E-state index contributed by atoms with van der Waals surface area (Å²) < 4.78 is 1.78. The Kier molecular flexibility index (Phi) is 4.83. The van der Waals surface area contributed by atoms with Crippen molar-refractivity contribution in [3.05, 3.63) is 57.0 Å². The summed E-state index contributed by atoms with van der Waals surface area (Å²) in [6.45, 7) is 1.86. The summed E-state index contributed by atoms with van der Waals surface area (Å²) in [5, 5.41) is 2.91. The molecule has 0 aliphatic heterocycles. The second-order valence-electron chi connectivity index (χ2n) is 4.51. The summed E-state index contributed by atoms with van der Waals surface area (Å²) in [7, 11) is 0. The molecule has 0 aliphatic rings. The number of anilines is 2. The molecule has 0 fully saturated rings. The summed E-state index contributed by atoms with van der Waals surface area (Å²) in [5.74, 6) is -0.340. The van der Waals surface area contributed by atoms with Gasteiger partial charge in [-0.1, -0.05) is 28.1 Å². The summed E-state index contributed by atoms with van der Waals surface area (Å²) in [6, 6.07) is 13.0. The van der Waals surface area contributed by atoms with Crippen molar-refractivity contribution in [1.82, 2.24) is 0 Å². The molecular formula is C15H14Br2N2O. The number of nitrogen functional groups attached to an aromatic ring is 1. The van der Waals surface area contributed by atoms with Gasteiger partial charge in [-0.05, 0) is 58.7 Å². The fourth-order valence-corrected chi connectivity index (χ4v) is 2.96. The quantitative estimate of drug-likeness (QED) is 0.747. The van der Waals surface area contributed by atoms with Crippen LogP contribution in [0.1, 0.15) is 18.4 Å². The Labute approximate surface area is 134 Å². The molecule has 2 rings (SSSR count). The highest BCUT2D eigenvalue weighted by Crippen LogP contribution is 2.27. The Bertz CT molecular complexity index is 644. The molecule has 104 valence electrons. The molecule has 5 heteroatoms. The zero-order valence-electron chi connectivity index (χ0n) is 10.9. The zero-order valence-corrected chi connectivity index (χ0v) is 14.0. The van der Waals surface area contributed by atoms with Crippen molar-refractivity contribution in [3.8, 4) is 0 Å². The monoisotopic (exact) mass is 396 g/mol. The Morgan fingerprint density at radius 3 is 2.60 bits per heavy atom. The van der Waals surface area contributed by atoms with E-state index in [2.05, 4.69) is 37.2 Å². The summed E-state index contributed by atoms with van der Waals surface area (Å²) >= 11 is 6.81. The lowest BCUT2D eigenvalue weighted by Gasteiger charge is -2.14. The van der Waals surface area contributed by atoms with Gasteiger partial charge in [-0.15, -0.1) is 0 Å². The van der Waals surface area contributed by atoms with Crippen LogP contribution in [0, 0.1) is 0 Å². The number of nitrogens with one attached hydrogen (secondary N) is 1. The molecule has 1 atom stereocenters. The third kappa shape index (κ3) is 3.61. The fourth-order valence-electron chi connectivity index (χ4n) is 1.81. The van der Waals surface area contributed by atoms with Gasteiger partial charge in [0.15, 0.2) is 0 Å². The van der Waals surface area contributed by atoms with Crippen molar-refractivity contribution >= 4 is 49.1 Å². The number of hydrogen-bond donors (Lipinski definition) is 2. The normalized spacial score (nSPS) is 11.9. The maximum absolute atomic E-state index is 12.3. The number of carbonyl (C=O) groups excluding carboxylic acids is 1. The summed E-state index contributed by atoms with van der Waals surface area (Å²) in [6.07, 6.45) is 0. The van der Waals surface area contributed by atoms with Crippen molar-refractivity contribution in [2.75, 3.05) is 11.1 Å². The lowest BCUT2D eigenvalue weighted by Crippen LogP contribution is -2.19. The molecule has 3 nitrogen and oxygen atoms in total. The van der Waals surface area contributed by atoms with Crippen LogP contribution in [0.15, 0.2) is 51.4 Å². The molecule has 0 saturated heterocycles. The lowest BCUT2D eigenvalue weighted by atomic mass is 10.00. The van der Waals surface area contributed by atoms with Crippen LogP contribution in [0.5, 0.6) is 0 Å². The van der Waals surface area contributed by atoms with E-state index in [9.17, 15) is 4.79 Å². The molecule has 0 aliphatic carbocycles. The molecule has 2 aromatic rings. The minimum absolute atomic E-state index is 0.0707. The van der Waals surface area contributed by atoms with Crippen LogP contribution in [0.4, 0.5) is 11.4 Å². The SMILES string of the molecule is CC(C(=O)Nc1ccc(Br)cc1Br)c1cccc(N)c1. The molecule has 20 heavy (non-hydrogen) atoms.